The number of hydrogen-bond donors (Lipinski definition) is 0. The van der Waals surface area contributed by atoms with Crippen LogP contribution in [0.3, 0.4) is 0 Å². The van der Waals surface area contributed by atoms with E-state index in [4.69, 9.17) is 10.00 Å². The van der Waals surface area contributed by atoms with Gasteiger partial charge in [0, 0.05) is 16.6 Å². The van der Waals surface area contributed by atoms with Gasteiger partial charge >= 0.3 is 0 Å². The van der Waals surface area contributed by atoms with E-state index < -0.39 is 10.8 Å². The molecule has 0 saturated carbocycles. The van der Waals surface area contributed by atoms with Gasteiger partial charge in [0.2, 0.25) is 0 Å². The first-order valence-corrected chi connectivity index (χ1v) is 5.82. The fourth-order valence-electron chi connectivity index (χ4n) is 1.16. The maximum Gasteiger partial charge on any atom is 0.120 e. The first-order chi connectivity index (χ1) is 7.19. The molecule has 0 bridgehead atoms. The fourth-order valence-corrected chi connectivity index (χ4v) is 2.30. The molecule has 0 aliphatic carbocycles. The van der Waals surface area contributed by atoms with Crippen LogP contribution < -0.4 is 4.74 Å². The molecule has 0 aromatic heterocycles. The van der Waals surface area contributed by atoms with Gasteiger partial charge in [0.1, 0.15) is 5.75 Å². The normalized spacial score (nSPS) is 13.9. The zero-order chi connectivity index (χ0) is 11.3. The van der Waals surface area contributed by atoms with Crippen LogP contribution in [0.25, 0.3) is 0 Å². The second-order valence-electron chi connectivity index (χ2n) is 3.15. The van der Waals surface area contributed by atoms with E-state index in [1.54, 1.807) is 38.3 Å². The Morgan fingerprint density at radius 3 is 2.93 bits per heavy atom. The summed E-state index contributed by atoms with van der Waals surface area (Å²) in [5, 5.41) is 8.37. The number of hydrogen-bond acceptors (Lipinski definition) is 3. The van der Waals surface area contributed by atoms with Crippen LogP contribution in [0, 0.1) is 11.3 Å². The standard InChI is InChI=1S/C11H13NO2S/c1-9(6-7-12)15(13)11-5-3-4-10(8-11)14-2/h3-5,8-9H,6H2,1-2H3. The van der Waals surface area contributed by atoms with Gasteiger partial charge in [-0.05, 0) is 25.1 Å². The minimum Gasteiger partial charge on any atom is -0.497 e. The maximum atomic E-state index is 11.9. The lowest BCUT2D eigenvalue weighted by atomic mass is 10.3. The summed E-state index contributed by atoms with van der Waals surface area (Å²) in [6.45, 7) is 1.80. The van der Waals surface area contributed by atoms with Crippen LogP contribution in [0.4, 0.5) is 0 Å². The van der Waals surface area contributed by atoms with Crippen LogP contribution in [-0.2, 0) is 10.8 Å². The van der Waals surface area contributed by atoms with Crippen LogP contribution >= 0.6 is 0 Å². The van der Waals surface area contributed by atoms with Gasteiger partial charge in [0.05, 0.1) is 24.0 Å². The smallest absolute Gasteiger partial charge is 0.120 e. The molecule has 2 atom stereocenters. The molecule has 1 aromatic rings. The Morgan fingerprint density at radius 2 is 2.33 bits per heavy atom. The molecule has 80 valence electrons. The fraction of sp³-hybridized carbons (Fsp3) is 0.364. The molecular weight excluding hydrogens is 210 g/mol. The van der Waals surface area contributed by atoms with Gasteiger partial charge in [-0.3, -0.25) is 4.21 Å². The maximum absolute atomic E-state index is 11.9. The third-order valence-electron chi connectivity index (χ3n) is 2.02. The highest BCUT2D eigenvalue weighted by Crippen LogP contribution is 2.18. The highest BCUT2D eigenvalue weighted by atomic mass is 32.2. The molecule has 0 saturated heterocycles. The van der Waals surface area contributed by atoms with Crippen molar-refractivity contribution in [1.82, 2.24) is 0 Å². The van der Waals surface area contributed by atoms with Crippen LogP contribution in [0.15, 0.2) is 29.2 Å². The van der Waals surface area contributed by atoms with Crippen molar-refractivity contribution in [3.63, 3.8) is 0 Å². The van der Waals surface area contributed by atoms with Crippen LogP contribution in [-0.4, -0.2) is 16.6 Å². The van der Waals surface area contributed by atoms with Gasteiger partial charge < -0.3 is 4.74 Å². The molecule has 1 rings (SSSR count). The Labute approximate surface area is 92.1 Å². The molecule has 0 aliphatic rings. The Balaban J connectivity index is 2.87. The molecule has 0 amide bonds. The molecular formula is C11H13NO2S. The second kappa shape index (κ2) is 5.52. The van der Waals surface area contributed by atoms with E-state index in [9.17, 15) is 4.21 Å². The van der Waals surface area contributed by atoms with E-state index in [1.165, 1.54) is 0 Å². The molecule has 0 aliphatic heterocycles. The average molecular weight is 223 g/mol. The van der Waals surface area contributed by atoms with Crippen molar-refractivity contribution in [3.8, 4) is 11.8 Å². The highest BCUT2D eigenvalue weighted by Gasteiger charge is 2.13. The molecule has 0 N–H and O–H groups in total. The van der Waals surface area contributed by atoms with Crippen LogP contribution in [0.2, 0.25) is 0 Å². The van der Waals surface area contributed by atoms with Crippen molar-refractivity contribution in [2.24, 2.45) is 0 Å². The lowest BCUT2D eigenvalue weighted by Gasteiger charge is -2.08. The van der Waals surface area contributed by atoms with E-state index in [0.717, 1.165) is 0 Å². The summed E-state index contributed by atoms with van der Waals surface area (Å²) in [6.07, 6.45) is 0.295. The predicted molar refractivity (Wildman–Crippen MR) is 59.1 cm³/mol. The van der Waals surface area contributed by atoms with Gasteiger partial charge in [-0.1, -0.05) is 6.07 Å². The number of benzene rings is 1. The van der Waals surface area contributed by atoms with E-state index in [-0.39, 0.29) is 5.25 Å². The zero-order valence-electron chi connectivity index (χ0n) is 8.77. The number of nitrogens with zero attached hydrogens (tertiary/aromatic N) is 1. The SMILES string of the molecule is COc1cccc(S(=O)C(C)CC#N)c1. The number of ether oxygens (including phenoxy) is 1. The van der Waals surface area contributed by atoms with Crippen molar-refractivity contribution >= 4 is 10.8 Å². The monoisotopic (exact) mass is 223 g/mol. The second-order valence-corrected chi connectivity index (χ2v) is 5.02. The first-order valence-electron chi connectivity index (χ1n) is 4.60. The van der Waals surface area contributed by atoms with Crippen molar-refractivity contribution in [2.45, 2.75) is 23.5 Å². The molecule has 0 radical (unpaired) electrons. The number of methoxy groups -OCH3 is 1. The highest BCUT2D eigenvalue weighted by molar-refractivity contribution is 7.85. The number of nitriles is 1. The Hall–Kier alpha value is -1.34. The summed E-state index contributed by atoms with van der Waals surface area (Å²) < 4.78 is 17.0. The van der Waals surface area contributed by atoms with Crippen molar-refractivity contribution in [3.05, 3.63) is 24.3 Å². The lowest BCUT2D eigenvalue weighted by Crippen LogP contribution is -2.09. The Morgan fingerprint density at radius 1 is 1.60 bits per heavy atom. The third-order valence-corrected chi connectivity index (χ3v) is 3.63. The van der Waals surface area contributed by atoms with Crippen molar-refractivity contribution in [1.29, 1.82) is 5.26 Å². The molecule has 3 nitrogen and oxygen atoms in total. The lowest BCUT2D eigenvalue weighted by molar-refractivity contribution is 0.413. The largest absolute Gasteiger partial charge is 0.497 e. The third kappa shape index (κ3) is 3.07. The molecule has 1 aromatic carbocycles. The van der Waals surface area contributed by atoms with Gasteiger partial charge in [-0.25, -0.2) is 0 Å². The molecule has 0 heterocycles. The number of rotatable bonds is 4. The van der Waals surface area contributed by atoms with Crippen LogP contribution in [0.5, 0.6) is 5.75 Å². The first kappa shape index (κ1) is 11.7. The van der Waals surface area contributed by atoms with Crippen molar-refractivity contribution in [2.75, 3.05) is 7.11 Å². The Bertz CT molecular complexity index is 398. The molecule has 0 fully saturated rings. The summed E-state index contributed by atoms with van der Waals surface area (Å²) in [7, 11) is 0.428. The van der Waals surface area contributed by atoms with Crippen LogP contribution in [0.1, 0.15) is 13.3 Å². The predicted octanol–water partition coefficient (Wildman–Crippen LogP) is 2.10. The summed E-state index contributed by atoms with van der Waals surface area (Å²) in [5.41, 5.74) is 0. The van der Waals surface area contributed by atoms with Gasteiger partial charge in [-0.15, -0.1) is 0 Å². The van der Waals surface area contributed by atoms with E-state index in [0.29, 0.717) is 17.1 Å². The van der Waals surface area contributed by atoms with Gasteiger partial charge in [0.25, 0.3) is 0 Å². The summed E-state index contributed by atoms with van der Waals surface area (Å²) in [6, 6.07) is 9.14. The molecule has 2 unspecified atom stereocenters. The van der Waals surface area contributed by atoms with Gasteiger partial charge in [0.15, 0.2) is 0 Å². The molecule has 4 heteroatoms. The topological polar surface area (TPSA) is 50.1 Å². The minimum absolute atomic E-state index is 0.151. The average Bonchev–Trinajstić information content (AvgIpc) is 2.28. The van der Waals surface area contributed by atoms with E-state index >= 15 is 0 Å². The Kier molecular flexibility index (Phi) is 4.32. The summed E-state index contributed by atoms with van der Waals surface area (Å²) in [4.78, 5) is 0.706. The van der Waals surface area contributed by atoms with Crippen molar-refractivity contribution < 1.29 is 8.95 Å². The zero-order valence-corrected chi connectivity index (χ0v) is 9.58. The summed E-state index contributed by atoms with van der Waals surface area (Å²) >= 11 is 0. The van der Waals surface area contributed by atoms with Gasteiger partial charge in [-0.2, -0.15) is 5.26 Å². The quantitative estimate of drug-likeness (QED) is 0.785. The molecule has 15 heavy (non-hydrogen) atoms. The van der Waals surface area contributed by atoms with E-state index in [2.05, 4.69) is 0 Å². The van der Waals surface area contributed by atoms with E-state index in [1.807, 2.05) is 6.07 Å². The minimum atomic E-state index is -1.14. The molecule has 0 spiro atoms. The summed E-state index contributed by atoms with van der Waals surface area (Å²) in [5.74, 6) is 0.685.